The van der Waals surface area contributed by atoms with Crippen molar-refractivity contribution in [1.82, 2.24) is 10.4 Å². The van der Waals surface area contributed by atoms with Crippen LogP contribution in [0.4, 0.5) is 5.69 Å². The molecule has 1 heterocycles. The molecule has 0 aliphatic carbocycles. The van der Waals surface area contributed by atoms with Gasteiger partial charge in [-0.05, 0) is 34.4 Å². The number of nitrogens with one attached hydrogen (secondary N) is 2. The summed E-state index contributed by atoms with van der Waals surface area (Å²) in [6, 6.07) is 33.8. The molecule has 178 valence electrons. The van der Waals surface area contributed by atoms with Gasteiger partial charge in [-0.3, -0.25) is 19.7 Å². The van der Waals surface area contributed by atoms with E-state index in [9.17, 15) is 14.8 Å². The Kier molecular flexibility index (Phi) is 6.60. The zero-order valence-electron chi connectivity index (χ0n) is 19.5. The van der Waals surface area contributed by atoms with Crippen LogP contribution in [0.5, 0.6) is 0 Å². The molecule has 4 aromatic carbocycles. The molecule has 5 rings (SSSR count). The number of benzene rings is 4. The second-order valence-electron chi connectivity index (χ2n) is 8.55. The molecule has 6 heteroatoms. The van der Waals surface area contributed by atoms with Crippen molar-refractivity contribution in [2.45, 2.75) is 12.5 Å². The molecular weight excluding hydrogens is 450 g/mol. The summed E-state index contributed by atoms with van der Waals surface area (Å²) in [7, 11) is 0. The van der Waals surface area contributed by atoms with Gasteiger partial charge in [-0.2, -0.15) is 0 Å². The predicted molar refractivity (Wildman–Crippen MR) is 140 cm³/mol. The Balaban J connectivity index is 1.57. The van der Waals surface area contributed by atoms with Gasteiger partial charge in [-0.25, -0.2) is 5.48 Å². The van der Waals surface area contributed by atoms with Crippen LogP contribution in [-0.2, 0) is 11.2 Å². The Morgan fingerprint density at radius 3 is 2.06 bits per heavy atom. The minimum Gasteiger partial charge on any atom is -0.353 e. The van der Waals surface area contributed by atoms with E-state index in [2.05, 4.69) is 17.4 Å². The fraction of sp³-hybridized carbons (Fsp3) is 0.0667. The van der Waals surface area contributed by atoms with E-state index in [1.54, 1.807) is 23.8 Å². The molecule has 0 saturated carbocycles. The van der Waals surface area contributed by atoms with Gasteiger partial charge in [0.2, 0.25) is 0 Å². The summed E-state index contributed by atoms with van der Waals surface area (Å²) >= 11 is 0. The first-order chi connectivity index (χ1) is 17.6. The van der Waals surface area contributed by atoms with Crippen molar-refractivity contribution in [2.75, 3.05) is 5.32 Å². The maximum absolute atomic E-state index is 13.7. The van der Waals surface area contributed by atoms with Crippen molar-refractivity contribution in [1.29, 1.82) is 0 Å². The number of hydrogen-bond donors (Lipinski definition) is 3. The fourth-order valence-electron chi connectivity index (χ4n) is 4.37. The molecule has 1 aliphatic heterocycles. The molecule has 1 unspecified atom stereocenters. The van der Waals surface area contributed by atoms with Crippen LogP contribution < -0.4 is 10.8 Å². The summed E-state index contributed by atoms with van der Waals surface area (Å²) < 4.78 is 0. The quantitative estimate of drug-likeness (QED) is 0.260. The molecule has 0 bridgehead atoms. The first-order valence-electron chi connectivity index (χ1n) is 11.7. The van der Waals surface area contributed by atoms with E-state index in [4.69, 9.17) is 0 Å². The van der Waals surface area contributed by atoms with Gasteiger partial charge in [-0.15, -0.1) is 0 Å². The summed E-state index contributed by atoms with van der Waals surface area (Å²) in [4.78, 5) is 27.9. The number of para-hydroxylation sites is 1. The number of nitrogens with zero attached hydrogens (tertiary/aromatic N) is 1. The molecule has 0 radical (unpaired) electrons. The van der Waals surface area contributed by atoms with Crippen molar-refractivity contribution in [3.8, 4) is 11.1 Å². The van der Waals surface area contributed by atoms with E-state index in [0.29, 0.717) is 16.9 Å². The lowest BCUT2D eigenvalue weighted by Gasteiger charge is -2.27. The summed E-state index contributed by atoms with van der Waals surface area (Å²) in [6.07, 6.45) is 1.89. The van der Waals surface area contributed by atoms with Crippen molar-refractivity contribution in [3.05, 3.63) is 132 Å². The zero-order chi connectivity index (χ0) is 24.9. The van der Waals surface area contributed by atoms with E-state index >= 15 is 0 Å². The molecule has 1 aliphatic rings. The first-order valence-corrected chi connectivity index (χ1v) is 11.7. The third kappa shape index (κ3) is 4.76. The Hall–Kier alpha value is -4.68. The standard InChI is InChI=1S/C30H25N3O3/c34-29(32-36)28(19-21-9-3-1-4-10-21)33-20-27(31-26-14-8-7-13-25(26)30(33)35)24-17-15-23(16-18-24)22-11-5-2-6-12-22/h1-18,20,28,31,36H,19H2,(H,32,34). The molecule has 36 heavy (non-hydrogen) atoms. The van der Waals surface area contributed by atoms with Crippen molar-refractivity contribution < 1.29 is 14.8 Å². The summed E-state index contributed by atoms with van der Waals surface area (Å²) in [5.74, 6) is -1.000. The minimum absolute atomic E-state index is 0.234. The van der Waals surface area contributed by atoms with Crippen LogP contribution in [0.2, 0.25) is 0 Å². The molecule has 0 aromatic heterocycles. The lowest BCUT2D eigenvalue weighted by molar-refractivity contribution is -0.133. The number of rotatable bonds is 6. The van der Waals surface area contributed by atoms with Crippen LogP contribution >= 0.6 is 0 Å². The van der Waals surface area contributed by atoms with Gasteiger partial charge in [0.1, 0.15) is 6.04 Å². The number of hydrogen-bond acceptors (Lipinski definition) is 4. The Bertz CT molecular complexity index is 1400. The first kappa shape index (κ1) is 23.1. The number of anilines is 1. The van der Waals surface area contributed by atoms with Gasteiger partial charge in [0.15, 0.2) is 0 Å². The Morgan fingerprint density at radius 2 is 1.36 bits per heavy atom. The third-order valence-corrected chi connectivity index (χ3v) is 6.25. The van der Waals surface area contributed by atoms with Crippen molar-refractivity contribution in [2.24, 2.45) is 0 Å². The second-order valence-corrected chi connectivity index (χ2v) is 8.55. The smallest absolute Gasteiger partial charge is 0.266 e. The number of hydroxylamine groups is 1. The molecule has 6 nitrogen and oxygen atoms in total. The summed E-state index contributed by atoms with van der Waals surface area (Å²) in [6.45, 7) is 0. The van der Waals surface area contributed by atoms with Crippen LogP contribution in [-0.4, -0.2) is 28.0 Å². The predicted octanol–water partition coefficient (Wildman–Crippen LogP) is 5.34. The molecule has 4 aromatic rings. The van der Waals surface area contributed by atoms with Gasteiger partial charge >= 0.3 is 0 Å². The largest absolute Gasteiger partial charge is 0.353 e. The third-order valence-electron chi connectivity index (χ3n) is 6.25. The maximum atomic E-state index is 13.7. The van der Waals surface area contributed by atoms with Crippen LogP contribution in [0, 0.1) is 0 Å². The molecule has 2 amide bonds. The monoisotopic (exact) mass is 475 g/mol. The van der Waals surface area contributed by atoms with Crippen LogP contribution in [0.3, 0.4) is 0 Å². The molecular formula is C30H25N3O3. The lowest BCUT2D eigenvalue weighted by atomic mass is 10.0. The number of fused-ring (bicyclic) bond motifs is 1. The highest BCUT2D eigenvalue weighted by Crippen LogP contribution is 2.30. The van der Waals surface area contributed by atoms with E-state index in [1.165, 1.54) is 4.90 Å². The fourth-order valence-corrected chi connectivity index (χ4v) is 4.37. The van der Waals surface area contributed by atoms with E-state index in [1.807, 2.05) is 84.9 Å². The highest BCUT2D eigenvalue weighted by atomic mass is 16.5. The van der Waals surface area contributed by atoms with Gasteiger partial charge in [-0.1, -0.05) is 97.1 Å². The van der Waals surface area contributed by atoms with Crippen molar-refractivity contribution in [3.63, 3.8) is 0 Å². The second kappa shape index (κ2) is 10.3. The van der Waals surface area contributed by atoms with Gasteiger partial charge in [0, 0.05) is 12.6 Å². The normalized spacial score (nSPS) is 13.6. The van der Waals surface area contributed by atoms with E-state index in [-0.39, 0.29) is 12.3 Å². The van der Waals surface area contributed by atoms with Crippen LogP contribution in [0.15, 0.2) is 115 Å². The van der Waals surface area contributed by atoms with Gasteiger partial charge in [0.05, 0.1) is 16.9 Å². The SMILES string of the molecule is O=C(NO)C(Cc1ccccc1)N1C=C(c2ccc(-c3ccccc3)cc2)Nc2ccccc2C1=O. The Labute approximate surface area is 209 Å². The highest BCUT2D eigenvalue weighted by Gasteiger charge is 2.33. The number of carbonyl (C=O) groups is 2. The number of carbonyl (C=O) groups excluding carboxylic acids is 2. The Morgan fingerprint density at radius 1 is 0.778 bits per heavy atom. The molecule has 0 saturated heterocycles. The van der Waals surface area contributed by atoms with E-state index < -0.39 is 11.9 Å². The summed E-state index contributed by atoms with van der Waals surface area (Å²) in [5.41, 5.74) is 7.39. The topological polar surface area (TPSA) is 81.7 Å². The average Bonchev–Trinajstić information content (AvgIpc) is 3.09. The van der Waals surface area contributed by atoms with Crippen molar-refractivity contribution >= 4 is 23.2 Å². The highest BCUT2D eigenvalue weighted by molar-refractivity contribution is 6.05. The van der Waals surface area contributed by atoms with Gasteiger partial charge in [0.25, 0.3) is 11.8 Å². The van der Waals surface area contributed by atoms with Crippen LogP contribution in [0.1, 0.15) is 21.5 Å². The van der Waals surface area contributed by atoms with Gasteiger partial charge < -0.3 is 5.32 Å². The number of amides is 2. The van der Waals surface area contributed by atoms with E-state index in [0.717, 1.165) is 22.3 Å². The molecule has 3 N–H and O–H groups in total. The molecule has 1 atom stereocenters. The maximum Gasteiger partial charge on any atom is 0.266 e. The molecule has 0 fully saturated rings. The lowest BCUT2D eigenvalue weighted by Crippen LogP contribution is -2.47. The van der Waals surface area contributed by atoms with Crippen LogP contribution in [0.25, 0.3) is 16.8 Å². The molecule has 0 spiro atoms. The average molecular weight is 476 g/mol. The zero-order valence-corrected chi connectivity index (χ0v) is 19.5. The summed E-state index contributed by atoms with van der Waals surface area (Å²) in [5, 5.41) is 12.9. The minimum atomic E-state index is -0.962.